The molecule has 0 aromatic heterocycles. The van der Waals surface area contributed by atoms with Crippen LogP contribution in [0.3, 0.4) is 0 Å². The highest BCUT2D eigenvalue weighted by Crippen LogP contribution is 2.41. The number of esters is 1. The second-order valence-electron chi connectivity index (χ2n) is 24.7. The van der Waals surface area contributed by atoms with Gasteiger partial charge in [0.2, 0.25) is 13.2 Å². The van der Waals surface area contributed by atoms with Crippen LogP contribution in [0.5, 0.6) is 11.5 Å². The summed E-state index contributed by atoms with van der Waals surface area (Å²) in [4.78, 5) is 51.4. The Morgan fingerprint density at radius 3 is 2.08 bits per heavy atom. The Balaban J connectivity index is 0.000000534. The standard InChI is InChI=1S/C41H76N2O15.C19H24N2O4.C4H4O4/c1-15-29-41(10,49)34(45)24(4)31(42-53-21-52-17-16-50-13)22(2)19-39(8,48)36(58-38-32(44)28(43(11)12)18-23(3)54-38)25(5)33(26(6)37(47)56-29)57-30-20-40(9,51-14)35(46)27(7)55-30;1-13(9-14-3-6-16(25-2)7-4-14)20-11-19(24)15-5-8-18(23)17(10-15)21-12-22;5-3(6)1-2-4(7)8/h22-30,32-36,38,44-46,48-49H,15-21H2,1-14H3;3-8,10,12-13,19-20,23-24H,9,11H2,1-2H3,(H,21,22);1-2H,(H,5,6)(H,7,8)/b42-31+;;2-1+/t22-,23-,24+,25+,26-,27+,28+,29-,30+,32-,33+,34-,35+,36-,38+,39-,40-,41-;13-,19+;/m11./s1. The largest absolute Gasteiger partial charge is 0.506 e. The molecule has 27 nitrogen and oxygen atoms in total. The van der Waals surface area contributed by atoms with Crippen molar-refractivity contribution < 1.29 is 113 Å². The van der Waals surface area contributed by atoms with Gasteiger partial charge < -0.3 is 109 Å². The number of nitrogens with zero attached hydrogens (tertiary/aromatic N) is 2. The number of ether oxygens (including phenoxy) is 9. The maximum atomic E-state index is 14.3. The number of carbonyl (C=O) groups is 4. The molecule has 2 aromatic carbocycles. The number of aliphatic hydroxyl groups is 6. The van der Waals surface area contributed by atoms with Crippen molar-refractivity contribution in [2.45, 2.75) is 205 Å². The number of hydrogen-bond donors (Lipinski definition) is 11. The molecule has 20 atom stereocenters. The molecule has 0 saturated carbocycles. The van der Waals surface area contributed by atoms with E-state index in [9.17, 15) is 54.9 Å². The van der Waals surface area contributed by atoms with Crippen LogP contribution in [0.25, 0.3) is 0 Å². The van der Waals surface area contributed by atoms with Crippen LogP contribution in [0.15, 0.2) is 59.8 Å². The summed E-state index contributed by atoms with van der Waals surface area (Å²) in [5.41, 5.74) is -2.42. The predicted molar refractivity (Wildman–Crippen MR) is 334 cm³/mol. The van der Waals surface area contributed by atoms with E-state index in [-0.39, 0.29) is 62.3 Å². The number of phenols is 1. The lowest BCUT2D eigenvalue weighted by Gasteiger charge is -2.49. The van der Waals surface area contributed by atoms with Gasteiger partial charge in [0.05, 0.1) is 85.5 Å². The van der Waals surface area contributed by atoms with Crippen molar-refractivity contribution in [1.82, 2.24) is 10.2 Å². The molecule has 3 saturated heterocycles. The van der Waals surface area contributed by atoms with Crippen LogP contribution in [0.1, 0.15) is 119 Å². The molecule has 5 rings (SSSR count). The minimum Gasteiger partial charge on any atom is -0.506 e. The third kappa shape index (κ3) is 23.8. The van der Waals surface area contributed by atoms with Crippen LogP contribution < -0.4 is 15.4 Å². The smallest absolute Gasteiger partial charge is 0.328 e. The van der Waals surface area contributed by atoms with Crippen LogP contribution in [0, 0.1) is 23.7 Å². The molecule has 3 fully saturated rings. The Morgan fingerprint density at radius 1 is 0.879 bits per heavy atom. The molecular weight excluding hydrogens is 1190 g/mol. The van der Waals surface area contributed by atoms with E-state index in [4.69, 9.17) is 57.7 Å². The Kier molecular flexibility index (Phi) is 32.8. The summed E-state index contributed by atoms with van der Waals surface area (Å²) in [7, 11) is 8.40. The molecular formula is C64H104N4O23. The zero-order chi connectivity index (χ0) is 68.7. The third-order valence-electron chi connectivity index (χ3n) is 16.9. The van der Waals surface area contributed by atoms with Gasteiger partial charge in [0, 0.05) is 69.2 Å². The van der Waals surface area contributed by atoms with Crippen LogP contribution in [-0.4, -0.2) is 233 Å². The summed E-state index contributed by atoms with van der Waals surface area (Å²) in [5, 5.41) is 105. The van der Waals surface area contributed by atoms with Gasteiger partial charge in [-0.05, 0) is 124 Å². The lowest BCUT2D eigenvalue weighted by atomic mass is 9.73. The number of amides is 1. The fourth-order valence-electron chi connectivity index (χ4n) is 11.6. The molecule has 0 spiro atoms. The minimum absolute atomic E-state index is 0.0307. The summed E-state index contributed by atoms with van der Waals surface area (Å²) in [6.07, 6.45) is -7.81. The number of aliphatic carboxylic acids is 2. The first kappa shape index (κ1) is 79.8. The molecule has 0 radical (unpaired) electrons. The number of benzene rings is 2. The van der Waals surface area contributed by atoms with Gasteiger partial charge in [0.1, 0.15) is 35.4 Å². The zero-order valence-electron chi connectivity index (χ0n) is 55.6. The molecule has 3 aliphatic heterocycles. The van der Waals surface area contributed by atoms with E-state index >= 15 is 0 Å². The van der Waals surface area contributed by atoms with E-state index in [2.05, 4.69) is 15.8 Å². The van der Waals surface area contributed by atoms with Gasteiger partial charge >= 0.3 is 17.9 Å². The number of cyclic esters (lactones) is 1. The number of hydrogen-bond acceptors (Lipinski definition) is 24. The lowest BCUT2D eigenvalue weighted by Crippen LogP contribution is -2.61. The van der Waals surface area contributed by atoms with Crippen LogP contribution in [0.4, 0.5) is 5.69 Å². The molecule has 3 heterocycles. The van der Waals surface area contributed by atoms with Crippen LogP contribution in [-0.2, 0) is 68.3 Å². The zero-order valence-corrected chi connectivity index (χ0v) is 55.6. The summed E-state index contributed by atoms with van der Waals surface area (Å²) < 4.78 is 53.3. The summed E-state index contributed by atoms with van der Waals surface area (Å²) >= 11 is 0. The van der Waals surface area contributed by atoms with Gasteiger partial charge in [0.25, 0.3) is 0 Å². The molecule has 2 aromatic rings. The molecule has 0 bridgehead atoms. The molecule has 0 aliphatic carbocycles. The van der Waals surface area contributed by atoms with Crippen molar-refractivity contribution in [3.05, 3.63) is 65.7 Å². The normalized spacial score (nSPS) is 33.6. The number of likely N-dealkylation sites (N-methyl/N-ethyl adjacent to an activating group) is 1. The number of carboxylic acids is 2. The summed E-state index contributed by atoms with van der Waals surface area (Å²) in [5.74, 6) is -5.87. The monoisotopic (exact) mass is 1300 g/mol. The number of anilines is 1. The topological polar surface area (TPSA) is 382 Å². The molecule has 27 heteroatoms. The molecule has 518 valence electrons. The number of rotatable bonds is 24. The van der Waals surface area contributed by atoms with Gasteiger partial charge in [-0.2, -0.15) is 0 Å². The number of aliphatic hydroxyl groups excluding tert-OH is 4. The number of oxime groups is 1. The van der Waals surface area contributed by atoms with E-state index in [1.54, 1.807) is 74.8 Å². The van der Waals surface area contributed by atoms with Gasteiger partial charge in [-0.3, -0.25) is 9.59 Å². The Morgan fingerprint density at radius 2 is 1.52 bits per heavy atom. The van der Waals surface area contributed by atoms with Crippen molar-refractivity contribution in [1.29, 1.82) is 0 Å². The first-order valence-electron chi connectivity index (χ1n) is 30.6. The van der Waals surface area contributed by atoms with Gasteiger partial charge in [-0.1, -0.05) is 51.0 Å². The molecule has 91 heavy (non-hydrogen) atoms. The maximum absolute atomic E-state index is 14.3. The minimum atomic E-state index is -1.97. The van der Waals surface area contributed by atoms with Gasteiger partial charge in [-0.25, -0.2) is 9.59 Å². The quantitative estimate of drug-likeness (QED) is 0.0134. The Labute approximate surface area is 534 Å². The van der Waals surface area contributed by atoms with E-state index < -0.39 is 120 Å². The van der Waals surface area contributed by atoms with Gasteiger partial charge in [0.15, 0.2) is 12.6 Å². The van der Waals surface area contributed by atoms with Crippen molar-refractivity contribution >= 4 is 35.7 Å². The second-order valence-corrected chi connectivity index (χ2v) is 24.7. The van der Waals surface area contributed by atoms with Crippen molar-refractivity contribution in [3.8, 4) is 11.5 Å². The number of phenolic OH excluding ortho intramolecular Hbond substituents is 1. The van der Waals surface area contributed by atoms with E-state index in [1.165, 1.54) is 25.7 Å². The third-order valence-corrected chi connectivity index (χ3v) is 16.9. The van der Waals surface area contributed by atoms with Crippen LogP contribution in [0.2, 0.25) is 0 Å². The fraction of sp³-hybridized carbons (Fsp3) is 0.703. The highest BCUT2D eigenvalue weighted by molar-refractivity contribution is 5.90. The number of methoxy groups -OCH3 is 3. The van der Waals surface area contributed by atoms with Crippen molar-refractivity contribution in [3.63, 3.8) is 0 Å². The van der Waals surface area contributed by atoms with Crippen molar-refractivity contribution in [2.75, 3.05) is 67.3 Å². The second kappa shape index (κ2) is 37.4. The number of aromatic hydroxyl groups is 1. The van der Waals surface area contributed by atoms with E-state index in [0.29, 0.717) is 49.4 Å². The lowest BCUT2D eigenvalue weighted by molar-refractivity contribution is -0.317. The number of carboxylic acid groups (broad SMARTS) is 2. The van der Waals surface area contributed by atoms with E-state index in [0.717, 1.165) is 12.2 Å². The summed E-state index contributed by atoms with van der Waals surface area (Å²) in [6, 6.07) is 12.4. The average Bonchev–Trinajstić information content (AvgIpc) is 0.859. The van der Waals surface area contributed by atoms with E-state index in [1.807, 2.05) is 64.0 Å². The highest BCUT2D eigenvalue weighted by atomic mass is 16.7. The Bertz CT molecular complexity index is 2580. The molecule has 3 aliphatic rings. The van der Waals surface area contributed by atoms with Crippen molar-refractivity contribution in [2.24, 2.45) is 28.8 Å². The van der Waals surface area contributed by atoms with Gasteiger partial charge in [-0.15, -0.1) is 0 Å². The predicted octanol–water partition coefficient (Wildman–Crippen LogP) is 4.14. The fourth-order valence-corrected chi connectivity index (χ4v) is 11.6. The SMILES string of the molecule is CC[C@H]1OC(=O)[C@H](C)[C@@H](O[C@H]2C[C@@](C)(OC)[C@@H](O)[C@H](C)O2)[C@H](C)[C@@H](O[C@@H]2O[C@H](C)C[C@H](N(C)C)[C@H]2O)[C@](C)(O)C[C@@H](C)/C(=N\OCOCCOC)[C@H](C)[C@@H](O)[C@]1(C)O.COc1ccc(C[C@@H](C)NC[C@H](O)c2ccc(O)c(NC=O)c2)cc1.O=C(O)/C=C/C(=O)O. The first-order valence-corrected chi connectivity index (χ1v) is 30.6. The maximum Gasteiger partial charge on any atom is 0.328 e. The molecule has 0 unspecified atom stereocenters. The highest BCUT2D eigenvalue weighted by Gasteiger charge is 2.53. The molecule has 1 amide bonds. The number of carbonyl (C=O) groups excluding carboxylic acids is 2. The first-order chi connectivity index (χ1) is 42.6. The molecule has 11 N–H and O–H groups in total. The Hall–Kier alpha value is -5.47. The summed E-state index contributed by atoms with van der Waals surface area (Å²) in [6.45, 7) is 19.7. The average molecular weight is 1300 g/mol. The number of nitrogens with one attached hydrogen (secondary N) is 2. The van der Waals surface area contributed by atoms with Crippen LogP contribution >= 0.6 is 0 Å².